The molecule has 0 unspecified atom stereocenters. The Morgan fingerprint density at radius 2 is 2.25 bits per heavy atom. The zero-order chi connectivity index (χ0) is 16.8. The summed E-state index contributed by atoms with van der Waals surface area (Å²) in [6, 6.07) is 7.45. The zero-order valence-electron chi connectivity index (χ0n) is 13.6. The van der Waals surface area contributed by atoms with Crippen LogP contribution < -0.4 is 4.90 Å². The molecule has 2 aromatic rings. The van der Waals surface area contributed by atoms with E-state index in [1.54, 1.807) is 12.3 Å². The van der Waals surface area contributed by atoms with Crippen molar-refractivity contribution in [2.75, 3.05) is 25.1 Å². The fourth-order valence-corrected chi connectivity index (χ4v) is 2.71. The Morgan fingerprint density at radius 1 is 1.33 bits per heavy atom. The van der Waals surface area contributed by atoms with Crippen molar-refractivity contribution in [1.29, 1.82) is 0 Å². The van der Waals surface area contributed by atoms with Crippen molar-refractivity contribution < 1.29 is 14.3 Å². The molecule has 0 radical (unpaired) electrons. The van der Waals surface area contributed by atoms with Crippen molar-refractivity contribution in [2.24, 2.45) is 0 Å². The molecule has 7 nitrogen and oxygen atoms in total. The average molecular weight is 328 g/mol. The predicted octanol–water partition coefficient (Wildman–Crippen LogP) is 1.84. The lowest BCUT2D eigenvalue weighted by Gasteiger charge is -2.33. The van der Waals surface area contributed by atoms with E-state index >= 15 is 0 Å². The van der Waals surface area contributed by atoms with Gasteiger partial charge in [-0.2, -0.15) is 0 Å². The SMILES string of the molecule is COC(=O)c1cc(N2CCC[C@H](OCc3ccccn3)C2)ncn1. The molecule has 1 saturated heterocycles. The lowest BCUT2D eigenvalue weighted by molar-refractivity contribution is 0.0297. The molecule has 7 heteroatoms. The number of ether oxygens (including phenoxy) is 2. The Morgan fingerprint density at radius 3 is 3.04 bits per heavy atom. The van der Waals surface area contributed by atoms with Crippen molar-refractivity contribution >= 4 is 11.8 Å². The van der Waals surface area contributed by atoms with Crippen molar-refractivity contribution in [2.45, 2.75) is 25.6 Å². The second-order valence-electron chi connectivity index (χ2n) is 5.60. The van der Waals surface area contributed by atoms with E-state index in [-0.39, 0.29) is 11.8 Å². The van der Waals surface area contributed by atoms with Gasteiger partial charge in [0, 0.05) is 25.4 Å². The Balaban J connectivity index is 1.62. The number of hydrogen-bond acceptors (Lipinski definition) is 7. The highest BCUT2D eigenvalue weighted by Gasteiger charge is 2.22. The van der Waals surface area contributed by atoms with Gasteiger partial charge in [0.1, 0.15) is 12.1 Å². The van der Waals surface area contributed by atoms with Crippen LogP contribution in [0.25, 0.3) is 0 Å². The van der Waals surface area contributed by atoms with Crippen LogP contribution >= 0.6 is 0 Å². The van der Waals surface area contributed by atoms with Gasteiger partial charge in [-0.3, -0.25) is 4.98 Å². The Bertz CT molecular complexity index is 681. The van der Waals surface area contributed by atoms with Crippen LogP contribution in [-0.4, -0.2) is 47.2 Å². The first-order chi connectivity index (χ1) is 11.8. The van der Waals surface area contributed by atoms with Crippen LogP contribution in [0.3, 0.4) is 0 Å². The third-order valence-corrected chi connectivity index (χ3v) is 3.94. The summed E-state index contributed by atoms with van der Waals surface area (Å²) >= 11 is 0. The van der Waals surface area contributed by atoms with Crippen LogP contribution in [0.5, 0.6) is 0 Å². The van der Waals surface area contributed by atoms with Crippen LogP contribution in [0.15, 0.2) is 36.8 Å². The molecule has 0 amide bonds. The first-order valence-electron chi connectivity index (χ1n) is 7.93. The standard InChI is InChI=1S/C17H20N4O3/c1-23-17(22)15-9-16(20-12-19-15)21-8-4-6-14(10-21)24-11-13-5-2-3-7-18-13/h2-3,5,7,9,12,14H,4,6,8,10-11H2,1H3/t14-/m0/s1. The number of carbonyl (C=O) groups is 1. The summed E-state index contributed by atoms with van der Waals surface area (Å²) in [6.45, 7) is 2.10. The van der Waals surface area contributed by atoms with Crippen molar-refractivity contribution in [3.8, 4) is 0 Å². The Labute approximate surface area is 140 Å². The van der Waals surface area contributed by atoms with Gasteiger partial charge in [0.25, 0.3) is 0 Å². The van der Waals surface area contributed by atoms with Gasteiger partial charge in [-0.25, -0.2) is 14.8 Å². The highest BCUT2D eigenvalue weighted by atomic mass is 16.5. The Kier molecular flexibility index (Phi) is 5.32. The number of esters is 1. The van der Waals surface area contributed by atoms with E-state index in [0.717, 1.165) is 37.4 Å². The number of carbonyl (C=O) groups excluding carboxylic acids is 1. The van der Waals surface area contributed by atoms with E-state index < -0.39 is 5.97 Å². The normalized spacial score (nSPS) is 17.5. The van der Waals surface area contributed by atoms with Crippen LogP contribution in [0, 0.1) is 0 Å². The van der Waals surface area contributed by atoms with E-state index in [1.165, 1.54) is 13.4 Å². The average Bonchev–Trinajstić information content (AvgIpc) is 2.67. The lowest BCUT2D eigenvalue weighted by atomic mass is 10.1. The molecular formula is C17H20N4O3. The number of anilines is 1. The van der Waals surface area contributed by atoms with Crippen LogP contribution in [0.2, 0.25) is 0 Å². The zero-order valence-corrected chi connectivity index (χ0v) is 13.6. The van der Waals surface area contributed by atoms with E-state index in [4.69, 9.17) is 9.47 Å². The van der Waals surface area contributed by atoms with Crippen molar-refractivity contribution in [3.63, 3.8) is 0 Å². The van der Waals surface area contributed by atoms with Gasteiger partial charge in [-0.1, -0.05) is 6.07 Å². The number of methoxy groups -OCH3 is 1. The molecule has 1 atom stereocenters. The molecule has 1 aliphatic rings. The molecule has 0 spiro atoms. The number of hydrogen-bond donors (Lipinski definition) is 0. The highest BCUT2D eigenvalue weighted by molar-refractivity contribution is 5.87. The van der Waals surface area contributed by atoms with Gasteiger partial charge in [0.05, 0.1) is 25.5 Å². The van der Waals surface area contributed by atoms with Crippen LogP contribution in [-0.2, 0) is 16.1 Å². The fourth-order valence-electron chi connectivity index (χ4n) is 2.71. The smallest absolute Gasteiger partial charge is 0.356 e. The summed E-state index contributed by atoms with van der Waals surface area (Å²) in [5, 5.41) is 0. The molecule has 0 saturated carbocycles. The number of rotatable bonds is 5. The maximum absolute atomic E-state index is 11.6. The molecule has 126 valence electrons. The summed E-state index contributed by atoms with van der Waals surface area (Å²) in [5.41, 5.74) is 1.18. The maximum Gasteiger partial charge on any atom is 0.356 e. The minimum atomic E-state index is -0.460. The van der Waals surface area contributed by atoms with Crippen LogP contribution in [0.4, 0.5) is 5.82 Å². The summed E-state index contributed by atoms with van der Waals surface area (Å²) in [5.74, 6) is 0.259. The molecule has 0 aliphatic carbocycles. The van der Waals surface area contributed by atoms with Crippen molar-refractivity contribution in [1.82, 2.24) is 15.0 Å². The minimum Gasteiger partial charge on any atom is -0.464 e. The number of nitrogens with zero attached hydrogens (tertiary/aromatic N) is 4. The molecule has 0 N–H and O–H groups in total. The van der Waals surface area contributed by atoms with Crippen LogP contribution in [0.1, 0.15) is 29.0 Å². The number of aromatic nitrogens is 3. The molecule has 1 fully saturated rings. The van der Waals surface area contributed by atoms with E-state index in [0.29, 0.717) is 6.61 Å². The number of pyridine rings is 1. The largest absolute Gasteiger partial charge is 0.464 e. The second kappa shape index (κ2) is 7.83. The first kappa shape index (κ1) is 16.3. The molecule has 0 aromatic carbocycles. The third-order valence-electron chi connectivity index (χ3n) is 3.94. The lowest BCUT2D eigenvalue weighted by Crippen LogP contribution is -2.40. The molecule has 2 aromatic heterocycles. The highest BCUT2D eigenvalue weighted by Crippen LogP contribution is 2.20. The molecule has 3 heterocycles. The second-order valence-corrected chi connectivity index (χ2v) is 5.60. The van der Waals surface area contributed by atoms with E-state index in [1.807, 2.05) is 18.2 Å². The summed E-state index contributed by atoms with van der Waals surface area (Å²) in [7, 11) is 1.34. The summed E-state index contributed by atoms with van der Waals surface area (Å²) < 4.78 is 10.7. The van der Waals surface area contributed by atoms with Gasteiger partial charge in [0.2, 0.25) is 0 Å². The monoisotopic (exact) mass is 328 g/mol. The summed E-state index contributed by atoms with van der Waals surface area (Å²) in [4.78, 5) is 26.2. The van der Waals surface area contributed by atoms with E-state index in [2.05, 4.69) is 19.9 Å². The first-order valence-corrected chi connectivity index (χ1v) is 7.93. The van der Waals surface area contributed by atoms with E-state index in [9.17, 15) is 4.79 Å². The Hall–Kier alpha value is -2.54. The predicted molar refractivity (Wildman–Crippen MR) is 87.6 cm³/mol. The molecule has 3 rings (SSSR count). The molecular weight excluding hydrogens is 308 g/mol. The quantitative estimate of drug-likeness (QED) is 0.775. The fraction of sp³-hybridized carbons (Fsp3) is 0.412. The van der Waals surface area contributed by atoms with Gasteiger partial charge in [0.15, 0.2) is 5.69 Å². The molecule has 24 heavy (non-hydrogen) atoms. The van der Waals surface area contributed by atoms with Gasteiger partial charge in [-0.05, 0) is 25.0 Å². The number of piperidine rings is 1. The topological polar surface area (TPSA) is 77.4 Å². The van der Waals surface area contributed by atoms with Gasteiger partial charge < -0.3 is 14.4 Å². The summed E-state index contributed by atoms with van der Waals surface area (Å²) in [6.07, 6.45) is 5.27. The molecule has 1 aliphatic heterocycles. The third kappa shape index (κ3) is 4.05. The maximum atomic E-state index is 11.6. The van der Waals surface area contributed by atoms with Gasteiger partial charge in [-0.15, -0.1) is 0 Å². The van der Waals surface area contributed by atoms with Crippen molar-refractivity contribution in [3.05, 3.63) is 48.2 Å². The molecule has 0 bridgehead atoms. The minimum absolute atomic E-state index is 0.109. The van der Waals surface area contributed by atoms with Gasteiger partial charge >= 0.3 is 5.97 Å².